The highest BCUT2D eigenvalue weighted by Crippen LogP contribution is 2.30. The zero-order chi connectivity index (χ0) is 15.4. The van der Waals surface area contributed by atoms with Gasteiger partial charge in [0.25, 0.3) is 0 Å². The van der Waals surface area contributed by atoms with E-state index in [0.717, 1.165) is 18.5 Å². The molecule has 1 unspecified atom stereocenters. The molecule has 0 fully saturated rings. The highest BCUT2D eigenvalue weighted by atomic mass is 19.1. The number of nitrogens with zero attached hydrogens (tertiary/aromatic N) is 3. The first kappa shape index (κ1) is 15.4. The lowest BCUT2D eigenvalue weighted by Crippen LogP contribution is -2.20. The molecule has 0 aliphatic rings. The molecule has 1 aromatic carbocycles. The summed E-state index contributed by atoms with van der Waals surface area (Å²) in [7, 11) is 1.77. The third-order valence-corrected chi connectivity index (χ3v) is 3.24. The summed E-state index contributed by atoms with van der Waals surface area (Å²) < 4.78 is 21.1. The van der Waals surface area contributed by atoms with Crippen molar-refractivity contribution in [3.8, 4) is 11.8 Å². The summed E-state index contributed by atoms with van der Waals surface area (Å²) in [6, 6.07) is 3.44. The van der Waals surface area contributed by atoms with Gasteiger partial charge in [-0.1, -0.05) is 6.92 Å². The summed E-state index contributed by atoms with van der Waals surface area (Å²) in [5.41, 5.74) is 1.30. The average Bonchev–Trinajstić information content (AvgIpc) is 2.85. The summed E-state index contributed by atoms with van der Waals surface area (Å²) >= 11 is 0. The van der Waals surface area contributed by atoms with Crippen LogP contribution < -0.4 is 10.1 Å². The number of hydrogen-bond acceptors (Lipinski definition) is 4. The van der Waals surface area contributed by atoms with Crippen LogP contribution in [0.25, 0.3) is 0 Å². The standard InChI is InChI=1S/C15H21FN4O/c1-5-6-17-11(3)12-8-13(16)10(2)7-14(12)21-15-18-9-20(4)19-15/h7-9,11,17H,5-6H2,1-4H3. The van der Waals surface area contributed by atoms with Crippen LogP contribution in [0.3, 0.4) is 0 Å². The van der Waals surface area contributed by atoms with Crippen LogP contribution in [0.15, 0.2) is 18.5 Å². The molecule has 0 saturated heterocycles. The topological polar surface area (TPSA) is 52.0 Å². The fourth-order valence-electron chi connectivity index (χ4n) is 2.03. The molecule has 0 saturated carbocycles. The van der Waals surface area contributed by atoms with E-state index in [1.807, 2.05) is 6.92 Å². The third-order valence-electron chi connectivity index (χ3n) is 3.24. The van der Waals surface area contributed by atoms with E-state index < -0.39 is 0 Å². The van der Waals surface area contributed by atoms with Gasteiger partial charge in [0.15, 0.2) is 0 Å². The first-order chi connectivity index (χ1) is 10.0. The highest BCUT2D eigenvalue weighted by Gasteiger charge is 2.16. The van der Waals surface area contributed by atoms with Crippen LogP contribution in [0.4, 0.5) is 4.39 Å². The van der Waals surface area contributed by atoms with Gasteiger partial charge < -0.3 is 10.1 Å². The Hall–Kier alpha value is -1.95. The molecule has 5 nitrogen and oxygen atoms in total. The second-order valence-electron chi connectivity index (χ2n) is 5.12. The molecule has 0 bridgehead atoms. The Balaban J connectivity index is 2.31. The van der Waals surface area contributed by atoms with Gasteiger partial charge in [0, 0.05) is 18.7 Å². The molecular formula is C15H21FN4O. The van der Waals surface area contributed by atoms with Gasteiger partial charge in [-0.3, -0.25) is 4.68 Å². The Morgan fingerprint density at radius 3 is 2.81 bits per heavy atom. The molecule has 1 atom stereocenters. The van der Waals surface area contributed by atoms with E-state index in [-0.39, 0.29) is 17.9 Å². The Morgan fingerprint density at radius 1 is 1.43 bits per heavy atom. The maximum Gasteiger partial charge on any atom is 0.340 e. The number of aromatic nitrogens is 3. The lowest BCUT2D eigenvalue weighted by molar-refractivity contribution is 0.422. The van der Waals surface area contributed by atoms with Gasteiger partial charge in [-0.2, -0.15) is 4.98 Å². The molecule has 1 heterocycles. The van der Waals surface area contributed by atoms with Crippen molar-refractivity contribution >= 4 is 0 Å². The van der Waals surface area contributed by atoms with E-state index in [2.05, 4.69) is 22.3 Å². The van der Waals surface area contributed by atoms with Gasteiger partial charge in [-0.15, -0.1) is 5.10 Å². The van der Waals surface area contributed by atoms with Gasteiger partial charge in [-0.05, 0) is 44.5 Å². The van der Waals surface area contributed by atoms with Crippen molar-refractivity contribution in [2.75, 3.05) is 6.54 Å². The van der Waals surface area contributed by atoms with Crippen LogP contribution >= 0.6 is 0 Å². The van der Waals surface area contributed by atoms with Crippen LogP contribution in [0.5, 0.6) is 11.8 Å². The van der Waals surface area contributed by atoms with Crippen molar-refractivity contribution in [3.05, 3.63) is 35.4 Å². The second-order valence-corrected chi connectivity index (χ2v) is 5.12. The first-order valence-electron chi connectivity index (χ1n) is 7.08. The van der Waals surface area contributed by atoms with Crippen LogP contribution in [0.1, 0.15) is 37.4 Å². The quantitative estimate of drug-likeness (QED) is 0.889. The predicted octanol–water partition coefficient (Wildman–Crippen LogP) is 3.12. The zero-order valence-electron chi connectivity index (χ0n) is 12.9. The molecule has 2 rings (SSSR count). The molecule has 0 radical (unpaired) electrons. The lowest BCUT2D eigenvalue weighted by Gasteiger charge is -2.18. The van der Waals surface area contributed by atoms with Crippen LogP contribution in [-0.4, -0.2) is 21.3 Å². The summed E-state index contributed by atoms with van der Waals surface area (Å²) in [5, 5.41) is 7.42. The number of aryl methyl sites for hydroxylation is 2. The van der Waals surface area contributed by atoms with E-state index >= 15 is 0 Å². The Labute approximate surface area is 124 Å². The largest absolute Gasteiger partial charge is 0.423 e. The molecule has 1 aromatic heterocycles. The molecule has 114 valence electrons. The lowest BCUT2D eigenvalue weighted by atomic mass is 10.0. The molecule has 1 N–H and O–H groups in total. The summed E-state index contributed by atoms with van der Waals surface area (Å²) in [5.74, 6) is 0.340. The van der Waals surface area contributed by atoms with E-state index in [0.29, 0.717) is 11.3 Å². The van der Waals surface area contributed by atoms with Crippen LogP contribution in [-0.2, 0) is 7.05 Å². The molecule has 0 aliphatic carbocycles. The third kappa shape index (κ3) is 3.78. The average molecular weight is 292 g/mol. The van der Waals surface area contributed by atoms with E-state index in [1.165, 1.54) is 6.07 Å². The number of hydrogen-bond donors (Lipinski definition) is 1. The minimum Gasteiger partial charge on any atom is -0.423 e. The smallest absolute Gasteiger partial charge is 0.340 e. The van der Waals surface area contributed by atoms with Crippen LogP contribution in [0.2, 0.25) is 0 Å². The minimum atomic E-state index is -0.239. The van der Waals surface area contributed by atoms with Gasteiger partial charge in [0.2, 0.25) is 0 Å². The number of benzene rings is 1. The normalized spacial score (nSPS) is 12.4. The molecule has 21 heavy (non-hydrogen) atoms. The number of halogens is 1. The number of nitrogens with one attached hydrogen (secondary N) is 1. The fraction of sp³-hybridized carbons (Fsp3) is 0.467. The van der Waals surface area contributed by atoms with Crippen molar-refractivity contribution in [1.29, 1.82) is 0 Å². The highest BCUT2D eigenvalue weighted by molar-refractivity contribution is 5.41. The Bertz CT molecular complexity index is 612. The monoisotopic (exact) mass is 292 g/mol. The van der Waals surface area contributed by atoms with Gasteiger partial charge in [0.05, 0.1) is 0 Å². The number of ether oxygens (including phenoxy) is 1. The molecule has 6 heteroatoms. The maximum atomic E-state index is 13.9. The first-order valence-corrected chi connectivity index (χ1v) is 7.08. The zero-order valence-corrected chi connectivity index (χ0v) is 12.9. The van der Waals surface area contributed by atoms with E-state index in [4.69, 9.17) is 4.74 Å². The van der Waals surface area contributed by atoms with Gasteiger partial charge in [-0.25, -0.2) is 4.39 Å². The van der Waals surface area contributed by atoms with E-state index in [1.54, 1.807) is 31.0 Å². The second kappa shape index (κ2) is 6.67. The SMILES string of the molecule is CCCNC(C)c1cc(F)c(C)cc1Oc1ncn(C)n1. The van der Waals surface area contributed by atoms with Crippen molar-refractivity contribution in [2.24, 2.45) is 7.05 Å². The Morgan fingerprint density at radius 2 is 2.19 bits per heavy atom. The fourth-order valence-corrected chi connectivity index (χ4v) is 2.03. The molecule has 0 spiro atoms. The van der Waals surface area contributed by atoms with Crippen LogP contribution in [0, 0.1) is 12.7 Å². The van der Waals surface area contributed by atoms with Crippen molar-refractivity contribution < 1.29 is 9.13 Å². The summed E-state index contributed by atoms with van der Waals surface area (Å²) in [6.07, 6.45) is 2.57. The molecule has 0 aliphatic heterocycles. The minimum absolute atomic E-state index is 0.0150. The van der Waals surface area contributed by atoms with Crippen molar-refractivity contribution in [2.45, 2.75) is 33.2 Å². The van der Waals surface area contributed by atoms with E-state index in [9.17, 15) is 4.39 Å². The van der Waals surface area contributed by atoms with Crippen molar-refractivity contribution in [1.82, 2.24) is 20.1 Å². The number of rotatable bonds is 6. The summed E-state index contributed by atoms with van der Waals surface area (Å²) in [6.45, 7) is 6.64. The maximum absolute atomic E-state index is 13.9. The molecule has 2 aromatic rings. The summed E-state index contributed by atoms with van der Waals surface area (Å²) in [4.78, 5) is 4.04. The van der Waals surface area contributed by atoms with Gasteiger partial charge >= 0.3 is 6.01 Å². The molecule has 0 amide bonds. The molecular weight excluding hydrogens is 271 g/mol. The van der Waals surface area contributed by atoms with Gasteiger partial charge in [0.1, 0.15) is 17.9 Å². The Kier molecular flexibility index (Phi) is 4.90. The van der Waals surface area contributed by atoms with Crippen molar-refractivity contribution in [3.63, 3.8) is 0 Å². The predicted molar refractivity (Wildman–Crippen MR) is 78.9 cm³/mol.